The van der Waals surface area contributed by atoms with Crippen molar-refractivity contribution in [3.05, 3.63) is 34.0 Å². The van der Waals surface area contributed by atoms with Crippen LogP contribution in [0.5, 0.6) is 0 Å². The molecule has 27 heavy (non-hydrogen) atoms. The minimum absolute atomic E-state index is 0.170. The molecule has 0 spiro atoms. The van der Waals surface area contributed by atoms with Crippen LogP contribution in [0.2, 0.25) is 5.02 Å². The highest BCUT2D eigenvalue weighted by atomic mass is 35.5. The van der Waals surface area contributed by atoms with Gasteiger partial charge in [0.25, 0.3) is 0 Å². The Hall–Kier alpha value is -1.59. The second kappa shape index (κ2) is 8.19. The number of dihydropyridines is 1. The number of halogens is 2. The van der Waals surface area contributed by atoms with Gasteiger partial charge in [-0.15, -0.1) is 0 Å². The summed E-state index contributed by atoms with van der Waals surface area (Å²) in [6.45, 7) is 4.77. The molecule has 2 aliphatic rings. The van der Waals surface area contributed by atoms with E-state index in [0.717, 1.165) is 43.6 Å². The summed E-state index contributed by atoms with van der Waals surface area (Å²) >= 11 is 12.2. The van der Waals surface area contributed by atoms with E-state index in [2.05, 4.69) is 15.3 Å². The summed E-state index contributed by atoms with van der Waals surface area (Å²) in [5.41, 5.74) is 6.07. The van der Waals surface area contributed by atoms with E-state index in [1.165, 1.54) is 0 Å². The van der Waals surface area contributed by atoms with Crippen molar-refractivity contribution in [2.24, 2.45) is 28.0 Å². The first-order chi connectivity index (χ1) is 12.8. The molecule has 1 aliphatic carbocycles. The summed E-state index contributed by atoms with van der Waals surface area (Å²) in [6, 6.07) is 1.78. The lowest BCUT2D eigenvalue weighted by molar-refractivity contribution is -0.129. The van der Waals surface area contributed by atoms with Crippen LogP contribution in [-0.2, 0) is 4.79 Å². The Morgan fingerprint density at radius 2 is 2.04 bits per heavy atom. The summed E-state index contributed by atoms with van der Waals surface area (Å²) in [5, 5.41) is 4.58. The van der Waals surface area contributed by atoms with Gasteiger partial charge in [-0.05, 0) is 69.1 Å². The van der Waals surface area contributed by atoms with Gasteiger partial charge in [-0.2, -0.15) is 0 Å². The molecule has 1 amide bonds. The zero-order chi connectivity index (χ0) is 19.6. The van der Waals surface area contributed by atoms with Gasteiger partial charge in [-0.3, -0.25) is 9.79 Å². The average molecular weight is 409 g/mol. The van der Waals surface area contributed by atoms with Crippen LogP contribution in [0.1, 0.15) is 38.2 Å². The van der Waals surface area contributed by atoms with Gasteiger partial charge in [0.05, 0.1) is 21.5 Å². The first kappa shape index (κ1) is 20.2. The van der Waals surface area contributed by atoms with Gasteiger partial charge in [0.15, 0.2) is 0 Å². The Balaban J connectivity index is 1.61. The number of nitrogens with one attached hydrogen (secondary N) is 1. The zero-order valence-electron chi connectivity index (χ0n) is 15.7. The van der Waals surface area contributed by atoms with Crippen LogP contribution in [0.4, 0.5) is 5.82 Å². The van der Waals surface area contributed by atoms with Crippen molar-refractivity contribution in [1.82, 2.24) is 4.98 Å². The maximum Gasteiger partial charge on any atom is 0.229 e. The number of aryl methyl sites for hydroxylation is 1. The number of carbonyl (C=O) groups excluding carboxylic acids is 1. The third kappa shape index (κ3) is 4.14. The lowest BCUT2D eigenvalue weighted by atomic mass is 9.62. The Morgan fingerprint density at radius 3 is 2.67 bits per heavy atom. The molecule has 0 aromatic carbocycles. The molecule has 146 valence electrons. The topological polar surface area (TPSA) is 80.4 Å². The van der Waals surface area contributed by atoms with Crippen molar-refractivity contribution < 1.29 is 4.79 Å². The number of primary amides is 1. The standard InChI is InChI=1S/C20H26Cl2N4O/c1-12-7-18(26-11-17(12)22)25-9-14-3-5-15(6-4-14)20(19(23)27)8-16(21)10-24-13(20)2/h7-8,10-11,13-15H,3-6,9H2,1-2H3,(H2,23,27)(H,25,26). The quantitative estimate of drug-likeness (QED) is 0.760. The zero-order valence-corrected chi connectivity index (χ0v) is 17.2. The van der Waals surface area contributed by atoms with Crippen molar-refractivity contribution in [2.45, 2.75) is 45.6 Å². The summed E-state index contributed by atoms with van der Waals surface area (Å²) < 4.78 is 0. The fourth-order valence-electron chi connectivity index (χ4n) is 4.36. The number of aliphatic imine (C=N–C) groups is 1. The van der Waals surface area contributed by atoms with Gasteiger partial charge < -0.3 is 11.1 Å². The Labute approximate surface area is 170 Å². The lowest BCUT2D eigenvalue weighted by Crippen LogP contribution is -2.51. The molecule has 1 aromatic rings. The van der Waals surface area contributed by atoms with Crippen LogP contribution in [0.25, 0.3) is 0 Å². The van der Waals surface area contributed by atoms with E-state index >= 15 is 0 Å². The molecule has 7 heteroatoms. The first-order valence-corrected chi connectivity index (χ1v) is 10.2. The number of carbonyl (C=O) groups is 1. The number of rotatable bonds is 5. The summed E-state index contributed by atoms with van der Waals surface area (Å²) in [5.74, 6) is 1.22. The minimum atomic E-state index is -0.779. The fraction of sp³-hybridized carbons (Fsp3) is 0.550. The maximum absolute atomic E-state index is 12.4. The van der Waals surface area contributed by atoms with E-state index in [1.54, 1.807) is 12.4 Å². The van der Waals surface area contributed by atoms with Crippen LogP contribution < -0.4 is 11.1 Å². The molecule has 2 atom stereocenters. The number of amides is 1. The van der Waals surface area contributed by atoms with E-state index < -0.39 is 5.41 Å². The lowest BCUT2D eigenvalue weighted by Gasteiger charge is -2.43. The Kier molecular flexibility index (Phi) is 6.11. The number of hydrogen-bond donors (Lipinski definition) is 2. The molecule has 0 bridgehead atoms. The normalized spacial score (nSPS) is 30.7. The molecule has 1 aliphatic heterocycles. The van der Waals surface area contributed by atoms with Crippen molar-refractivity contribution in [2.75, 3.05) is 11.9 Å². The van der Waals surface area contributed by atoms with Gasteiger partial charge in [0.1, 0.15) is 5.82 Å². The van der Waals surface area contributed by atoms with Gasteiger partial charge in [0.2, 0.25) is 5.91 Å². The minimum Gasteiger partial charge on any atom is -0.370 e. The molecule has 0 saturated heterocycles. The third-order valence-electron chi connectivity index (χ3n) is 6.06. The Bertz CT molecular complexity index is 771. The molecular weight excluding hydrogens is 383 g/mol. The van der Waals surface area contributed by atoms with E-state index in [9.17, 15) is 4.79 Å². The number of allylic oxidation sites excluding steroid dienone is 1. The molecule has 2 unspecified atom stereocenters. The second-order valence-corrected chi connectivity index (χ2v) is 8.54. The summed E-state index contributed by atoms with van der Waals surface area (Å²) in [6.07, 6.45) is 9.05. The predicted molar refractivity (Wildman–Crippen MR) is 111 cm³/mol. The van der Waals surface area contributed by atoms with Crippen LogP contribution in [-0.4, -0.2) is 29.7 Å². The molecule has 1 aromatic heterocycles. The van der Waals surface area contributed by atoms with Crippen LogP contribution in [0.3, 0.4) is 0 Å². The number of hydrogen-bond acceptors (Lipinski definition) is 4. The molecule has 2 heterocycles. The number of pyridine rings is 1. The fourth-order valence-corrected chi connectivity index (χ4v) is 4.70. The molecule has 3 rings (SSSR count). The number of nitrogens with zero attached hydrogens (tertiary/aromatic N) is 2. The van der Waals surface area contributed by atoms with Crippen LogP contribution in [0.15, 0.2) is 28.4 Å². The first-order valence-electron chi connectivity index (χ1n) is 9.40. The molecular formula is C20H26Cl2N4O. The largest absolute Gasteiger partial charge is 0.370 e. The highest BCUT2D eigenvalue weighted by Crippen LogP contribution is 2.46. The van der Waals surface area contributed by atoms with Crippen molar-refractivity contribution >= 4 is 41.1 Å². The highest BCUT2D eigenvalue weighted by Gasteiger charge is 2.49. The SMILES string of the molecule is Cc1cc(NCC2CCC(C3(C(N)=O)C=C(Cl)C=NC3C)CC2)ncc1Cl. The van der Waals surface area contributed by atoms with Gasteiger partial charge in [-0.1, -0.05) is 23.2 Å². The van der Waals surface area contributed by atoms with E-state index in [4.69, 9.17) is 28.9 Å². The maximum atomic E-state index is 12.4. The highest BCUT2D eigenvalue weighted by molar-refractivity contribution is 6.39. The molecule has 3 N–H and O–H groups in total. The van der Waals surface area contributed by atoms with Crippen LogP contribution in [0, 0.1) is 24.2 Å². The van der Waals surface area contributed by atoms with Crippen LogP contribution >= 0.6 is 23.2 Å². The smallest absolute Gasteiger partial charge is 0.229 e. The van der Waals surface area contributed by atoms with Crippen molar-refractivity contribution in [1.29, 1.82) is 0 Å². The molecule has 5 nitrogen and oxygen atoms in total. The van der Waals surface area contributed by atoms with E-state index in [-0.39, 0.29) is 17.9 Å². The van der Waals surface area contributed by atoms with Gasteiger partial charge >= 0.3 is 0 Å². The van der Waals surface area contributed by atoms with Gasteiger partial charge in [0, 0.05) is 19.0 Å². The van der Waals surface area contributed by atoms with Crippen molar-refractivity contribution in [3.63, 3.8) is 0 Å². The second-order valence-electron chi connectivity index (χ2n) is 7.70. The molecule has 1 fully saturated rings. The Morgan fingerprint density at radius 1 is 1.33 bits per heavy atom. The van der Waals surface area contributed by atoms with E-state index in [1.807, 2.05) is 26.0 Å². The predicted octanol–water partition coefficient (Wildman–Crippen LogP) is 4.33. The van der Waals surface area contributed by atoms with Crippen molar-refractivity contribution in [3.8, 4) is 0 Å². The molecule has 1 saturated carbocycles. The average Bonchev–Trinajstić information content (AvgIpc) is 2.65. The third-order valence-corrected chi connectivity index (χ3v) is 6.66. The monoisotopic (exact) mass is 408 g/mol. The number of anilines is 1. The summed E-state index contributed by atoms with van der Waals surface area (Å²) in [4.78, 5) is 21.1. The van der Waals surface area contributed by atoms with Gasteiger partial charge in [-0.25, -0.2) is 4.98 Å². The number of nitrogens with two attached hydrogens (primary N) is 1. The number of aromatic nitrogens is 1. The van der Waals surface area contributed by atoms with E-state index in [0.29, 0.717) is 16.0 Å². The summed E-state index contributed by atoms with van der Waals surface area (Å²) in [7, 11) is 0. The molecule has 0 radical (unpaired) electrons.